The Hall–Kier alpha value is -1.16. The van der Waals surface area contributed by atoms with E-state index < -0.39 is 0 Å². The first-order chi connectivity index (χ1) is 8.22. The van der Waals surface area contributed by atoms with Crippen molar-refractivity contribution in [3.8, 4) is 11.5 Å². The molecule has 0 spiro atoms. The molecular weight excluding hydrogens is 236 g/mol. The molecule has 17 heavy (non-hydrogen) atoms. The average Bonchev–Trinajstić information content (AvgIpc) is 2.82. The molecule has 0 radical (unpaired) electrons. The molecule has 0 aliphatic carbocycles. The Labute approximate surface area is 105 Å². The average molecular weight is 252 g/mol. The Kier molecular flexibility index (Phi) is 3.94. The highest BCUT2D eigenvalue weighted by molar-refractivity contribution is 7.99. The fraction of sp³-hybridized carbons (Fsp3) is 0.462. The summed E-state index contributed by atoms with van der Waals surface area (Å²) in [7, 11) is 1.59. The molecule has 2 rings (SSSR count). The second-order valence-corrected chi connectivity index (χ2v) is 5.15. The van der Waals surface area contributed by atoms with Gasteiger partial charge in [-0.1, -0.05) is 6.07 Å². The molecule has 0 amide bonds. The lowest BCUT2D eigenvalue weighted by atomic mass is 10.1. The number of benzene rings is 1. The van der Waals surface area contributed by atoms with E-state index in [1.807, 2.05) is 23.9 Å². The Morgan fingerprint density at radius 3 is 2.88 bits per heavy atom. The van der Waals surface area contributed by atoms with E-state index in [1.165, 1.54) is 0 Å². The molecular formula is C13H16O3S. The Balaban J connectivity index is 2.30. The second-order valence-electron chi connectivity index (χ2n) is 4.00. The SMILES string of the molecule is COc1cccc(C(C)=O)c1OC1CCSC1. The predicted octanol–water partition coefficient (Wildman–Crippen LogP) is 2.78. The van der Waals surface area contributed by atoms with Gasteiger partial charge in [0.2, 0.25) is 0 Å². The summed E-state index contributed by atoms with van der Waals surface area (Å²) < 4.78 is 11.2. The fourth-order valence-corrected chi connectivity index (χ4v) is 2.94. The van der Waals surface area contributed by atoms with Gasteiger partial charge in [-0.25, -0.2) is 0 Å². The third-order valence-electron chi connectivity index (χ3n) is 2.75. The molecule has 0 N–H and O–H groups in total. The van der Waals surface area contributed by atoms with Crippen LogP contribution >= 0.6 is 11.8 Å². The number of Topliss-reactive ketones (excluding diaryl/α,β-unsaturated/α-hetero) is 1. The van der Waals surface area contributed by atoms with E-state index in [-0.39, 0.29) is 11.9 Å². The molecule has 1 fully saturated rings. The van der Waals surface area contributed by atoms with Crippen molar-refractivity contribution in [3.63, 3.8) is 0 Å². The summed E-state index contributed by atoms with van der Waals surface area (Å²) >= 11 is 1.88. The van der Waals surface area contributed by atoms with Crippen molar-refractivity contribution in [3.05, 3.63) is 23.8 Å². The fourth-order valence-electron chi connectivity index (χ4n) is 1.85. The van der Waals surface area contributed by atoms with Gasteiger partial charge < -0.3 is 9.47 Å². The summed E-state index contributed by atoms with van der Waals surface area (Å²) in [6, 6.07) is 5.41. The van der Waals surface area contributed by atoms with Crippen LogP contribution in [-0.4, -0.2) is 30.5 Å². The van der Waals surface area contributed by atoms with Crippen molar-refractivity contribution >= 4 is 17.5 Å². The van der Waals surface area contributed by atoms with Gasteiger partial charge in [0, 0.05) is 5.75 Å². The zero-order valence-corrected chi connectivity index (χ0v) is 10.9. The first-order valence-electron chi connectivity index (χ1n) is 5.64. The maximum atomic E-state index is 11.6. The molecule has 1 saturated heterocycles. The molecule has 1 atom stereocenters. The van der Waals surface area contributed by atoms with Crippen molar-refractivity contribution in [2.45, 2.75) is 19.4 Å². The number of para-hydroxylation sites is 1. The molecule has 1 unspecified atom stereocenters. The van der Waals surface area contributed by atoms with Crippen LogP contribution in [0.4, 0.5) is 0 Å². The van der Waals surface area contributed by atoms with Crippen molar-refractivity contribution in [2.24, 2.45) is 0 Å². The number of carbonyl (C=O) groups is 1. The Bertz CT molecular complexity index is 411. The monoisotopic (exact) mass is 252 g/mol. The third-order valence-corrected chi connectivity index (χ3v) is 3.88. The highest BCUT2D eigenvalue weighted by Gasteiger charge is 2.22. The van der Waals surface area contributed by atoms with Crippen LogP contribution in [0.15, 0.2) is 18.2 Å². The van der Waals surface area contributed by atoms with E-state index in [9.17, 15) is 4.79 Å². The first-order valence-corrected chi connectivity index (χ1v) is 6.80. The molecule has 1 aromatic rings. The van der Waals surface area contributed by atoms with Crippen LogP contribution in [0.25, 0.3) is 0 Å². The summed E-state index contributed by atoms with van der Waals surface area (Å²) in [5, 5.41) is 0. The van der Waals surface area contributed by atoms with E-state index in [1.54, 1.807) is 20.1 Å². The van der Waals surface area contributed by atoms with Gasteiger partial charge in [-0.2, -0.15) is 11.8 Å². The maximum Gasteiger partial charge on any atom is 0.172 e. The van der Waals surface area contributed by atoms with Crippen molar-refractivity contribution < 1.29 is 14.3 Å². The number of thioether (sulfide) groups is 1. The van der Waals surface area contributed by atoms with Crippen molar-refractivity contribution in [1.29, 1.82) is 0 Å². The summed E-state index contributed by atoms with van der Waals surface area (Å²) in [6.45, 7) is 1.55. The van der Waals surface area contributed by atoms with Gasteiger partial charge in [0.05, 0.1) is 12.7 Å². The van der Waals surface area contributed by atoms with E-state index >= 15 is 0 Å². The molecule has 92 valence electrons. The number of hydrogen-bond acceptors (Lipinski definition) is 4. The predicted molar refractivity (Wildman–Crippen MR) is 69.4 cm³/mol. The van der Waals surface area contributed by atoms with Crippen LogP contribution in [0.2, 0.25) is 0 Å². The topological polar surface area (TPSA) is 35.5 Å². The van der Waals surface area contributed by atoms with Crippen LogP contribution in [0, 0.1) is 0 Å². The molecule has 1 aromatic carbocycles. The minimum absolute atomic E-state index is 0.00421. The lowest BCUT2D eigenvalue weighted by Gasteiger charge is -2.17. The Morgan fingerprint density at radius 1 is 1.47 bits per heavy atom. The van der Waals surface area contributed by atoms with Gasteiger partial charge in [-0.3, -0.25) is 4.79 Å². The summed E-state index contributed by atoms with van der Waals surface area (Å²) in [4.78, 5) is 11.6. The van der Waals surface area contributed by atoms with Gasteiger partial charge in [0.1, 0.15) is 6.10 Å². The molecule has 4 heteroatoms. The third kappa shape index (κ3) is 2.75. The second kappa shape index (κ2) is 5.45. The smallest absolute Gasteiger partial charge is 0.172 e. The molecule has 1 aliphatic rings. The molecule has 1 heterocycles. The number of methoxy groups -OCH3 is 1. The molecule has 0 bridgehead atoms. The molecule has 0 saturated carbocycles. The van der Waals surface area contributed by atoms with E-state index in [4.69, 9.17) is 9.47 Å². The normalized spacial score (nSPS) is 19.1. The van der Waals surface area contributed by atoms with Gasteiger partial charge in [-0.05, 0) is 31.2 Å². The van der Waals surface area contributed by atoms with Gasteiger partial charge in [0.25, 0.3) is 0 Å². The Morgan fingerprint density at radius 2 is 2.29 bits per heavy atom. The van der Waals surface area contributed by atoms with E-state index in [0.717, 1.165) is 17.9 Å². The van der Waals surface area contributed by atoms with E-state index in [2.05, 4.69) is 0 Å². The maximum absolute atomic E-state index is 11.6. The van der Waals surface area contributed by atoms with Gasteiger partial charge >= 0.3 is 0 Å². The molecule has 3 nitrogen and oxygen atoms in total. The standard InChI is InChI=1S/C13H16O3S/c1-9(14)11-4-3-5-12(15-2)13(11)16-10-6-7-17-8-10/h3-5,10H,6-8H2,1-2H3. The molecule has 0 aromatic heterocycles. The van der Waals surface area contributed by atoms with Crippen molar-refractivity contribution in [2.75, 3.05) is 18.6 Å². The number of rotatable bonds is 4. The number of ether oxygens (including phenoxy) is 2. The van der Waals surface area contributed by atoms with Gasteiger partial charge in [-0.15, -0.1) is 0 Å². The van der Waals surface area contributed by atoms with Crippen LogP contribution < -0.4 is 9.47 Å². The number of carbonyl (C=O) groups excluding carboxylic acids is 1. The minimum atomic E-state index is 0.00421. The number of hydrogen-bond donors (Lipinski definition) is 0. The summed E-state index contributed by atoms with van der Waals surface area (Å²) in [6.07, 6.45) is 1.22. The lowest BCUT2D eigenvalue weighted by molar-refractivity contribution is 0.101. The zero-order chi connectivity index (χ0) is 12.3. The van der Waals surface area contributed by atoms with Crippen LogP contribution in [0.5, 0.6) is 11.5 Å². The first kappa shape index (κ1) is 12.3. The van der Waals surface area contributed by atoms with Crippen LogP contribution in [0.1, 0.15) is 23.7 Å². The highest BCUT2D eigenvalue weighted by Crippen LogP contribution is 2.34. The van der Waals surface area contributed by atoms with Crippen LogP contribution in [-0.2, 0) is 0 Å². The quantitative estimate of drug-likeness (QED) is 0.772. The minimum Gasteiger partial charge on any atom is -0.493 e. The van der Waals surface area contributed by atoms with Crippen LogP contribution in [0.3, 0.4) is 0 Å². The summed E-state index contributed by atoms with van der Waals surface area (Å²) in [5.74, 6) is 3.33. The largest absolute Gasteiger partial charge is 0.493 e. The lowest BCUT2D eigenvalue weighted by Crippen LogP contribution is -2.17. The van der Waals surface area contributed by atoms with Crippen molar-refractivity contribution in [1.82, 2.24) is 0 Å². The van der Waals surface area contributed by atoms with E-state index in [0.29, 0.717) is 17.1 Å². The molecule has 1 aliphatic heterocycles. The van der Waals surface area contributed by atoms with Gasteiger partial charge in [0.15, 0.2) is 17.3 Å². The number of ketones is 1. The zero-order valence-electron chi connectivity index (χ0n) is 10.1. The summed E-state index contributed by atoms with van der Waals surface area (Å²) in [5.41, 5.74) is 0.598. The highest BCUT2D eigenvalue weighted by atomic mass is 32.2.